The van der Waals surface area contributed by atoms with Crippen molar-refractivity contribution in [3.63, 3.8) is 0 Å². The molecule has 0 saturated carbocycles. The summed E-state index contributed by atoms with van der Waals surface area (Å²) in [6.07, 6.45) is 3.48. The number of fused-ring (bicyclic) bond motifs is 1. The summed E-state index contributed by atoms with van der Waals surface area (Å²) in [6, 6.07) is 4.26. The van der Waals surface area contributed by atoms with Gasteiger partial charge in [0.25, 0.3) is 5.91 Å². The Labute approximate surface area is 138 Å². The molecule has 1 aromatic rings. The number of carboxylic acids is 1. The summed E-state index contributed by atoms with van der Waals surface area (Å²) in [6.45, 7) is -0.282. The zero-order chi connectivity index (χ0) is 16.8. The van der Waals surface area contributed by atoms with Crippen LogP contribution in [0.25, 0.3) is 0 Å². The van der Waals surface area contributed by atoms with Gasteiger partial charge in [0, 0.05) is 12.0 Å². The maximum Gasteiger partial charge on any atom is 0.326 e. The maximum atomic E-state index is 11.8. The van der Waals surface area contributed by atoms with Gasteiger partial charge in [0.05, 0.1) is 0 Å². The zero-order valence-corrected chi connectivity index (χ0v) is 13.6. The third-order valence-corrected chi connectivity index (χ3v) is 4.26. The predicted octanol–water partition coefficient (Wildman–Crippen LogP) is 1.52. The summed E-state index contributed by atoms with van der Waals surface area (Å²) in [5, 5.41) is 11.5. The molecule has 0 radical (unpaired) electrons. The third-order valence-electron chi connectivity index (χ3n) is 3.62. The molecule has 2 N–H and O–H groups in total. The zero-order valence-electron chi connectivity index (χ0n) is 12.8. The van der Waals surface area contributed by atoms with Crippen LogP contribution in [0.3, 0.4) is 0 Å². The van der Waals surface area contributed by atoms with Crippen molar-refractivity contribution in [2.75, 3.05) is 18.6 Å². The summed E-state index contributed by atoms with van der Waals surface area (Å²) >= 11 is 1.52. The number of nitrogens with one attached hydrogen (secondary N) is 1. The predicted molar refractivity (Wildman–Crippen MR) is 87.2 cm³/mol. The molecule has 0 fully saturated rings. The molecule has 0 bridgehead atoms. The highest BCUT2D eigenvalue weighted by molar-refractivity contribution is 7.98. The minimum absolute atomic E-state index is 0.0814. The van der Waals surface area contributed by atoms with Crippen molar-refractivity contribution in [1.29, 1.82) is 0 Å². The van der Waals surface area contributed by atoms with Crippen molar-refractivity contribution in [3.8, 4) is 5.75 Å². The molecule has 1 unspecified atom stereocenters. The van der Waals surface area contributed by atoms with E-state index in [1.54, 1.807) is 12.1 Å². The average molecular weight is 337 g/mol. The molecule has 23 heavy (non-hydrogen) atoms. The Hall–Kier alpha value is -2.02. The lowest BCUT2D eigenvalue weighted by Gasteiger charge is -2.14. The topological polar surface area (TPSA) is 92.7 Å². The van der Waals surface area contributed by atoms with Crippen molar-refractivity contribution in [2.45, 2.75) is 25.3 Å². The number of amides is 1. The van der Waals surface area contributed by atoms with Crippen LogP contribution in [-0.4, -0.2) is 47.4 Å². The highest BCUT2D eigenvalue weighted by Gasteiger charge is 2.21. The van der Waals surface area contributed by atoms with Crippen LogP contribution in [0.1, 0.15) is 28.8 Å². The van der Waals surface area contributed by atoms with E-state index in [9.17, 15) is 14.4 Å². The number of carboxylic acid groups (broad SMARTS) is 1. The van der Waals surface area contributed by atoms with Crippen molar-refractivity contribution < 1.29 is 24.2 Å². The molecule has 1 amide bonds. The standard InChI is InChI=1S/C16H19NO5S/c1-23-7-6-13(16(20)21)17-15(19)9-22-11-4-2-10-3-5-14(18)12(10)8-11/h2,4,8,13H,3,5-7,9H2,1H3,(H,17,19)(H,20,21). The van der Waals surface area contributed by atoms with E-state index in [0.717, 1.165) is 12.0 Å². The first-order chi connectivity index (χ1) is 11.0. The molecule has 6 nitrogen and oxygen atoms in total. The van der Waals surface area contributed by atoms with Crippen LogP contribution in [0.4, 0.5) is 0 Å². The van der Waals surface area contributed by atoms with E-state index in [1.807, 2.05) is 12.3 Å². The molecular formula is C16H19NO5S. The van der Waals surface area contributed by atoms with Crippen LogP contribution in [0, 0.1) is 0 Å². The van der Waals surface area contributed by atoms with Gasteiger partial charge in [-0.2, -0.15) is 11.8 Å². The Morgan fingerprint density at radius 2 is 2.17 bits per heavy atom. The van der Waals surface area contributed by atoms with Crippen LogP contribution >= 0.6 is 11.8 Å². The molecule has 1 aliphatic rings. The third kappa shape index (κ3) is 4.72. The molecule has 7 heteroatoms. The lowest BCUT2D eigenvalue weighted by molar-refractivity contribution is -0.142. The average Bonchev–Trinajstić information content (AvgIpc) is 2.90. The largest absolute Gasteiger partial charge is 0.484 e. The first kappa shape index (κ1) is 17.3. The lowest BCUT2D eigenvalue weighted by atomic mass is 10.1. The molecule has 0 heterocycles. The Kier molecular flexibility index (Phi) is 6.04. The van der Waals surface area contributed by atoms with Gasteiger partial charge in [-0.05, 0) is 42.5 Å². The van der Waals surface area contributed by atoms with Crippen LogP contribution in [0.5, 0.6) is 5.75 Å². The van der Waals surface area contributed by atoms with Gasteiger partial charge in [0.15, 0.2) is 12.4 Å². The van der Waals surface area contributed by atoms with E-state index in [-0.39, 0.29) is 12.4 Å². The number of thioether (sulfide) groups is 1. The highest BCUT2D eigenvalue weighted by atomic mass is 32.2. The first-order valence-electron chi connectivity index (χ1n) is 7.31. The van der Waals surface area contributed by atoms with Crippen LogP contribution in [0.2, 0.25) is 0 Å². The Morgan fingerprint density at radius 1 is 1.39 bits per heavy atom. The Bertz CT molecular complexity index is 616. The lowest BCUT2D eigenvalue weighted by Crippen LogP contribution is -2.43. The number of aliphatic carboxylic acids is 1. The second-order valence-corrected chi connectivity index (χ2v) is 6.26. The number of Topliss-reactive ketones (excluding diaryl/α,β-unsaturated/α-hetero) is 1. The van der Waals surface area contributed by atoms with E-state index in [4.69, 9.17) is 9.84 Å². The van der Waals surface area contributed by atoms with Crippen molar-refractivity contribution in [3.05, 3.63) is 29.3 Å². The normalized spacial score (nSPS) is 14.2. The Morgan fingerprint density at radius 3 is 2.87 bits per heavy atom. The second-order valence-electron chi connectivity index (χ2n) is 5.27. The van der Waals surface area contributed by atoms with Crippen LogP contribution < -0.4 is 10.1 Å². The molecule has 0 spiro atoms. The molecule has 124 valence electrons. The maximum absolute atomic E-state index is 11.8. The van der Waals surface area contributed by atoms with E-state index in [1.165, 1.54) is 11.8 Å². The molecule has 2 rings (SSSR count). The number of carbonyl (C=O) groups excluding carboxylic acids is 2. The van der Waals surface area contributed by atoms with Gasteiger partial charge < -0.3 is 15.2 Å². The fraction of sp³-hybridized carbons (Fsp3) is 0.438. The van der Waals surface area contributed by atoms with Crippen molar-refractivity contribution in [1.82, 2.24) is 5.32 Å². The summed E-state index contributed by atoms with van der Waals surface area (Å²) in [5.74, 6) is -0.394. The summed E-state index contributed by atoms with van der Waals surface area (Å²) in [4.78, 5) is 34.6. The summed E-state index contributed by atoms with van der Waals surface area (Å²) < 4.78 is 5.36. The van der Waals surface area contributed by atoms with Gasteiger partial charge in [0.1, 0.15) is 11.8 Å². The summed E-state index contributed by atoms with van der Waals surface area (Å²) in [7, 11) is 0. The molecule has 0 aliphatic heterocycles. The molecule has 1 atom stereocenters. The van der Waals surface area contributed by atoms with E-state index in [2.05, 4.69) is 5.32 Å². The molecular weight excluding hydrogens is 318 g/mol. The first-order valence-corrected chi connectivity index (χ1v) is 8.70. The van der Waals surface area contributed by atoms with Gasteiger partial charge in [-0.3, -0.25) is 9.59 Å². The fourth-order valence-corrected chi connectivity index (χ4v) is 2.86. The van der Waals surface area contributed by atoms with Gasteiger partial charge in [-0.1, -0.05) is 6.07 Å². The number of ether oxygens (including phenoxy) is 1. The van der Waals surface area contributed by atoms with E-state index < -0.39 is 17.9 Å². The van der Waals surface area contributed by atoms with Crippen LogP contribution in [0.15, 0.2) is 18.2 Å². The molecule has 0 aromatic heterocycles. The van der Waals surface area contributed by atoms with Gasteiger partial charge in [-0.15, -0.1) is 0 Å². The van der Waals surface area contributed by atoms with Gasteiger partial charge in [-0.25, -0.2) is 4.79 Å². The fourth-order valence-electron chi connectivity index (χ4n) is 2.38. The van der Waals surface area contributed by atoms with Crippen molar-refractivity contribution in [2.24, 2.45) is 0 Å². The number of carbonyl (C=O) groups is 3. The number of hydrogen-bond acceptors (Lipinski definition) is 5. The monoisotopic (exact) mass is 337 g/mol. The van der Waals surface area contributed by atoms with E-state index >= 15 is 0 Å². The number of rotatable bonds is 8. The number of ketones is 1. The second kappa shape index (κ2) is 8.01. The van der Waals surface area contributed by atoms with Crippen molar-refractivity contribution >= 4 is 29.4 Å². The summed E-state index contributed by atoms with van der Waals surface area (Å²) in [5.41, 5.74) is 1.64. The minimum Gasteiger partial charge on any atom is -0.484 e. The molecule has 1 aliphatic carbocycles. The van der Waals surface area contributed by atoms with Gasteiger partial charge >= 0.3 is 5.97 Å². The van der Waals surface area contributed by atoms with Gasteiger partial charge in [0.2, 0.25) is 0 Å². The molecule has 1 aromatic carbocycles. The number of benzene rings is 1. The quantitative estimate of drug-likeness (QED) is 0.747. The van der Waals surface area contributed by atoms with E-state index in [0.29, 0.717) is 29.9 Å². The smallest absolute Gasteiger partial charge is 0.326 e. The van der Waals surface area contributed by atoms with Crippen LogP contribution in [-0.2, 0) is 16.0 Å². The number of aryl methyl sites for hydroxylation is 1. The SMILES string of the molecule is CSCCC(NC(=O)COc1ccc2c(c1)C(=O)CC2)C(=O)O. The number of hydrogen-bond donors (Lipinski definition) is 2. The highest BCUT2D eigenvalue weighted by Crippen LogP contribution is 2.26. The molecule has 0 saturated heterocycles. The minimum atomic E-state index is -1.06. The Balaban J connectivity index is 1.88.